The predicted molar refractivity (Wildman–Crippen MR) is 88.9 cm³/mol. The van der Waals surface area contributed by atoms with Gasteiger partial charge in [-0.25, -0.2) is 0 Å². The second-order valence-electron chi connectivity index (χ2n) is 5.70. The van der Waals surface area contributed by atoms with Crippen molar-refractivity contribution >= 4 is 11.3 Å². The summed E-state index contributed by atoms with van der Waals surface area (Å²) in [6, 6.07) is 13.6. The molecule has 1 atom stereocenters. The van der Waals surface area contributed by atoms with Crippen LogP contribution in [0.15, 0.2) is 41.8 Å². The molecule has 0 saturated carbocycles. The van der Waals surface area contributed by atoms with E-state index in [1.807, 2.05) is 11.3 Å². The number of nitrogens with zero attached hydrogens (tertiary/aromatic N) is 1. The molecule has 0 unspecified atom stereocenters. The minimum atomic E-state index is 0.592. The van der Waals surface area contributed by atoms with Crippen LogP contribution in [0.25, 0.3) is 0 Å². The fraction of sp³-hybridized carbons (Fsp3) is 0.444. The molecule has 2 nitrogen and oxygen atoms in total. The third kappa shape index (κ3) is 3.66. The third-order valence-corrected chi connectivity index (χ3v) is 5.25. The molecule has 2 aromatic rings. The first-order valence-electron chi connectivity index (χ1n) is 7.77. The van der Waals surface area contributed by atoms with Crippen LogP contribution >= 0.6 is 11.3 Å². The van der Waals surface area contributed by atoms with Gasteiger partial charge in [-0.2, -0.15) is 0 Å². The second-order valence-corrected chi connectivity index (χ2v) is 6.68. The van der Waals surface area contributed by atoms with Crippen molar-refractivity contribution in [2.75, 3.05) is 13.7 Å². The number of hydrogen-bond donors (Lipinski definition) is 0. The van der Waals surface area contributed by atoms with E-state index in [9.17, 15) is 0 Å². The Kier molecular flexibility index (Phi) is 4.94. The monoisotopic (exact) mass is 301 g/mol. The third-order valence-electron chi connectivity index (χ3n) is 4.28. The van der Waals surface area contributed by atoms with Gasteiger partial charge in [0.15, 0.2) is 0 Å². The summed E-state index contributed by atoms with van der Waals surface area (Å²) in [5.41, 5.74) is 1.37. The molecule has 0 bridgehead atoms. The largest absolute Gasteiger partial charge is 0.497 e. The maximum absolute atomic E-state index is 5.25. The summed E-state index contributed by atoms with van der Waals surface area (Å²) in [6.07, 6.45) is 5.32. The molecule has 3 rings (SSSR count). The van der Waals surface area contributed by atoms with Crippen LogP contribution in [0, 0.1) is 0 Å². The Hall–Kier alpha value is -1.32. The lowest BCUT2D eigenvalue weighted by molar-refractivity contribution is 0.195. The molecule has 0 spiro atoms. The van der Waals surface area contributed by atoms with Gasteiger partial charge in [0.25, 0.3) is 0 Å². The second kappa shape index (κ2) is 7.10. The maximum atomic E-state index is 5.25. The molecule has 1 aliphatic heterocycles. The fourth-order valence-corrected chi connectivity index (χ4v) is 4.02. The molecule has 0 radical (unpaired) electrons. The zero-order chi connectivity index (χ0) is 14.5. The molecule has 2 heterocycles. The van der Waals surface area contributed by atoms with E-state index in [1.54, 1.807) is 7.11 Å². The van der Waals surface area contributed by atoms with Gasteiger partial charge in [0.1, 0.15) is 5.75 Å². The molecule has 112 valence electrons. The first-order valence-corrected chi connectivity index (χ1v) is 8.65. The molecule has 21 heavy (non-hydrogen) atoms. The zero-order valence-corrected chi connectivity index (χ0v) is 13.4. The van der Waals surface area contributed by atoms with Gasteiger partial charge in [0, 0.05) is 17.5 Å². The summed E-state index contributed by atoms with van der Waals surface area (Å²) in [6.45, 7) is 2.24. The van der Waals surface area contributed by atoms with Crippen LogP contribution < -0.4 is 4.74 Å². The number of thiophene rings is 1. The number of ether oxygens (including phenoxy) is 1. The zero-order valence-electron chi connectivity index (χ0n) is 12.6. The molecular weight excluding hydrogens is 278 g/mol. The Morgan fingerprint density at radius 1 is 1.14 bits per heavy atom. The van der Waals surface area contributed by atoms with Crippen LogP contribution in [0.1, 0.15) is 42.2 Å². The lowest BCUT2D eigenvalue weighted by Gasteiger charge is -2.29. The Balaban J connectivity index is 1.76. The van der Waals surface area contributed by atoms with E-state index in [2.05, 4.69) is 46.7 Å². The molecule has 0 amide bonds. The van der Waals surface area contributed by atoms with Gasteiger partial charge in [-0.1, -0.05) is 31.0 Å². The van der Waals surface area contributed by atoms with Gasteiger partial charge in [0.2, 0.25) is 0 Å². The SMILES string of the molecule is COc1ccc(CN2CCCCC[C@H]2c2cccs2)cc1. The van der Waals surface area contributed by atoms with Crippen LogP contribution in [0.3, 0.4) is 0 Å². The van der Waals surface area contributed by atoms with Gasteiger partial charge < -0.3 is 4.74 Å². The minimum absolute atomic E-state index is 0.592. The maximum Gasteiger partial charge on any atom is 0.118 e. The molecule has 1 saturated heterocycles. The van der Waals surface area contributed by atoms with Gasteiger partial charge in [-0.3, -0.25) is 4.90 Å². The Bertz CT molecular complexity index is 535. The highest BCUT2D eigenvalue weighted by Crippen LogP contribution is 2.33. The van der Waals surface area contributed by atoms with Crippen molar-refractivity contribution < 1.29 is 4.74 Å². The van der Waals surface area contributed by atoms with Crippen LogP contribution in [-0.4, -0.2) is 18.6 Å². The van der Waals surface area contributed by atoms with Crippen molar-refractivity contribution in [3.05, 3.63) is 52.2 Å². The first kappa shape index (κ1) is 14.6. The highest BCUT2D eigenvalue weighted by molar-refractivity contribution is 7.10. The molecule has 0 N–H and O–H groups in total. The number of hydrogen-bond acceptors (Lipinski definition) is 3. The fourth-order valence-electron chi connectivity index (χ4n) is 3.13. The lowest BCUT2D eigenvalue weighted by atomic mass is 10.1. The Labute approximate surface area is 131 Å². The van der Waals surface area contributed by atoms with Crippen molar-refractivity contribution in [2.45, 2.75) is 38.3 Å². The molecule has 1 aliphatic rings. The first-order chi connectivity index (χ1) is 10.4. The smallest absolute Gasteiger partial charge is 0.118 e. The normalized spacial score (nSPS) is 20.1. The highest BCUT2D eigenvalue weighted by atomic mass is 32.1. The van der Waals surface area contributed by atoms with Crippen LogP contribution in [0.5, 0.6) is 5.75 Å². The van der Waals surface area contributed by atoms with Crippen molar-refractivity contribution in [2.24, 2.45) is 0 Å². The van der Waals surface area contributed by atoms with E-state index >= 15 is 0 Å². The molecular formula is C18H23NOS. The molecule has 1 aromatic carbocycles. The van der Waals surface area contributed by atoms with E-state index in [-0.39, 0.29) is 0 Å². The molecule has 3 heteroatoms. The van der Waals surface area contributed by atoms with E-state index in [0.717, 1.165) is 12.3 Å². The van der Waals surface area contributed by atoms with Gasteiger partial charge in [-0.05, 0) is 48.5 Å². The van der Waals surface area contributed by atoms with Crippen molar-refractivity contribution in [3.8, 4) is 5.75 Å². The van der Waals surface area contributed by atoms with Crippen molar-refractivity contribution in [1.82, 2.24) is 4.90 Å². The van der Waals surface area contributed by atoms with Crippen LogP contribution in [0.4, 0.5) is 0 Å². The topological polar surface area (TPSA) is 12.5 Å². The number of likely N-dealkylation sites (tertiary alicyclic amines) is 1. The summed E-state index contributed by atoms with van der Waals surface area (Å²) in [4.78, 5) is 4.17. The van der Waals surface area contributed by atoms with E-state index in [4.69, 9.17) is 4.74 Å². The highest BCUT2D eigenvalue weighted by Gasteiger charge is 2.23. The molecule has 1 aromatic heterocycles. The van der Waals surface area contributed by atoms with Crippen molar-refractivity contribution in [1.29, 1.82) is 0 Å². The van der Waals surface area contributed by atoms with E-state index in [0.29, 0.717) is 6.04 Å². The Morgan fingerprint density at radius 2 is 2.00 bits per heavy atom. The minimum Gasteiger partial charge on any atom is -0.497 e. The van der Waals surface area contributed by atoms with E-state index < -0.39 is 0 Å². The average molecular weight is 301 g/mol. The van der Waals surface area contributed by atoms with Crippen LogP contribution in [0.2, 0.25) is 0 Å². The Morgan fingerprint density at radius 3 is 2.71 bits per heavy atom. The standard InChI is InChI=1S/C18H23NOS/c1-20-16-10-8-15(9-11-16)14-19-12-4-2-3-6-17(19)18-7-5-13-21-18/h5,7-11,13,17H,2-4,6,12,14H2,1H3/t17-/m0/s1. The predicted octanol–water partition coefficient (Wildman–Crippen LogP) is 4.87. The van der Waals surface area contributed by atoms with Gasteiger partial charge >= 0.3 is 0 Å². The quantitative estimate of drug-likeness (QED) is 0.798. The summed E-state index contributed by atoms with van der Waals surface area (Å²) in [5, 5.41) is 2.20. The lowest BCUT2D eigenvalue weighted by Crippen LogP contribution is -2.27. The summed E-state index contributed by atoms with van der Waals surface area (Å²) in [7, 11) is 1.72. The number of benzene rings is 1. The average Bonchev–Trinajstić information content (AvgIpc) is 2.96. The van der Waals surface area contributed by atoms with Gasteiger partial charge in [-0.15, -0.1) is 11.3 Å². The van der Waals surface area contributed by atoms with E-state index in [1.165, 1.54) is 42.7 Å². The number of rotatable bonds is 4. The summed E-state index contributed by atoms with van der Waals surface area (Å²) >= 11 is 1.90. The molecule has 0 aliphatic carbocycles. The summed E-state index contributed by atoms with van der Waals surface area (Å²) in [5.74, 6) is 0.935. The molecule has 1 fully saturated rings. The number of methoxy groups -OCH3 is 1. The van der Waals surface area contributed by atoms with Gasteiger partial charge in [0.05, 0.1) is 7.11 Å². The summed E-state index contributed by atoms with van der Waals surface area (Å²) < 4.78 is 5.25. The van der Waals surface area contributed by atoms with Crippen LogP contribution in [-0.2, 0) is 6.54 Å². The van der Waals surface area contributed by atoms with Crippen molar-refractivity contribution in [3.63, 3.8) is 0 Å².